The average molecular weight is 198 g/mol. The molecule has 0 atom stereocenters. The second kappa shape index (κ2) is 7.46. The first-order valence-corrected chi connectivity index (χ1v) is 4.34. The molecule has 0 aromatic heterocycles. The second-order valence-electron chi connectivity index (χ2n) is 2.06. The first-order valence-electron chi connectivity index (χ1n) is 3.11. The average Bonchev–Trinajstić information content (AvgIpc) is 2.05. The number of carbonyl (C=O) groups is 1. The van der Waals surface area contributed by atoms with Crippen LogP contribution in [0.5, 0.6) is 0 Å². The number of carboxylic acid groups (broad SMARTS) is 1. The van der Waals surface area contributed by atoms with Crippen LogP contribution in [0.15, 0.2) is 17.0 Å². The molecule has 0 saturated carbocycles. The summed E-state index contributed by atoms with van der Waals surface area (Å²) in [5.74, 6) is -1.85. The van der Waals surface area contributed by atoms with E-state index in [4.69, 9.17) is 0 Å². The van der Waals surface area contributed by atoms with Gasteiger partial charge in [-0.3, -0.25) is 0 Å². The Kier molecular flexibility index (Phi) is 8.83. The van der Waals surface area contributed by atoms with Crippen LogP contribution in [-0.4, -0.2) is 12.2 Å². The van der Waals surface area contributed by atoms with Gasteiger partial charge in [-0.05, 0) is 6.26 Å². The molecule has 0 unspecified atom stereocenters. The van der Waals surface area contributed by atoms with Crippen LogP contribution >= 0.6 is 11.8 Å². The van der Waals surface area contributed by atoms with Crippen LogP contribution in [0.25, 0.3) is 0 Å². The molecule has 0 aliphatic carbocycles. The Labute approximate surface area is 110 Å². The van der Waals surface area contributed by atoms with Gasteiger partial charge in [0.25, 0.3) is 0 Å². The van der Waals surface area contributed by atoms with E-state index in [0.29, 0.717) is 0 Å². The minimum atomic E-state index is -1.32. The Balaban J connectivity index is 0. The number of rotatable bonds is 2. The monoisotopic (exact) mass is 198 g/mol. The minimum absolute atomic E-state index is 0. The summed E-state index contributed by atoms with van der Waals surface area (Å²) in [5, 5.41) is 10.3. The van der Waals surface area contributed by atoms with E-state index in [9.17, 15) is 14.3 Å². The van der Waals surface area contributed by atoms with Gasteiger partial charge in [0, 0.05) is 11.8 Å². The molecule has 0 saturated heterocycles. The molecule has 0 N–H and O–H groups in total. The maximum absolute atomic E-state index is 12.7. The van der Waals surface area contributed by atoms with Crippen molar-refractivity contribution >= 4 is 17.7 Å². The fourth-order valence-electron chi connectivity index (χ4n) is 0.725. The molecule has 64 valence electrons. The van der Waals surface area contributed by atoms with Gasteiger partial charge in [-0.15, -0.1) is 17.7 Å². The van der Waals surface area contributed by atoms with Gasteiger partial charge in [0.1, 0.15) is 0 Å². The van der Waals surface area contributed by atoms with Crippen molar-refractivity contribution in [3.8, 4) is 0 Å². The van der Waals surface area contributed by atoms with Crippen LogP contribution in [-0.2, 0) is 0 Å². The largest absolute Gasteiger partial charge is 1.00 e. The molecule has 0 fully saturated rings. The van der Waals surface area contributed by atoms with Crippen LogP contribution in [0.4, 0.5) is 4.39 Å². The number of thioether (sulfide) groups is 1. The number of hydrogen-bond donors (Lipinski definition) is 0. The maximum Gasteiger partial charge on any atom is 1.00 e. The van der Waals surface area contributed by atoms with Crippen LogP contribution < -0.4 is 42.8 Å². The third kappa shape index (κ3) is 4.13. The number of benzene rings is 1. The summed E-state index contributed by atoms with van der Waals surface area (Å²) in [6, 6.07) is 4.48. The summed E-state index contributed by atoms with van der Waals surface area (Å²) in [6.45, 7) is 0. The normalized spacial score (nSPS) is 8.43. The van der Waals surface area contributed by atoms with E-state index in [1.165, 1.54) is 6.07 Å². The van der Waals surface area contributed by atoms with Crippen molar-refractivity contribution in [3.63, 3.8) is 0 Å². The van der Waals surface area contributed by atoms with Crippen molar-refractivity contribution in [2.45, 2.75) is 4.90 Å². The third-order valence-electron chi connectivity index (χ3n) is 1.31. The van der Waals surface area contributed by atoms with Crippen LogP contribution in [0.1, 0.15) is 10.4 Å². The van der Waals surface area contributed by atoms with Gasteiger partial charge in [0.05, 0.1) is 0 Å². The zero-order chi connectivity index (χ0) is 9.14. The maximum atomic E-state index is 12.7. The van der Waals surface area contributed by atoms with Crippen molar-refractivity contribution in [2.75, 3.05) is 6.26 Å². The predicted octanol–water partition coefficient (Wildman–Crippen LogP) is -5.28. The van der Waals surface area contributed by atoms with E-state index in [2.05, 4.69) is 6.07 Å². The Morgan fingerprint density at radius 3 is 2.57 bits per heavy atom. The van der Waals surface area contributed by atoms with E-state index in [1.807, 2.05) is 0 Å². The standard InChI is InChI=1S/C8H6FO2S.2Li/c1-12-7-4-5(8(10)11)2-3-6(7)9;;/h2,4H,1H3,(H,10,11);;/q-1;2*+1/p-1. The second-order valence-corrected chi connectivity index (χ2v) is 2.91. The van der Waals surface area contributed by atoms with Crippen molar-refractivity contribution in [2.24, 2.45) is 0 Å². The molecule has 1 aromatic carbocycles. The molecular formula is C8H5FLi2O2S. The van der Waals surface area contributed by atoms with Gasteiger partial charge < -0.3 is 9.90 Å². The molecule has 0 bridgehead atoms. The molecular weight excluding hydrogens is 193 g/mol. The molecule has 1 rings (SSSR count). The van der Waals surface area contributed by atoms with Gasteiger partial charge in [0.2, 0.25) is 0 Å². The quantitative estimate of drug-likeness (QED) is 0.271. The van der Waals surface area contributed by atoms with Crippen LogP contribution in [0, 0.1) is 11.9 Å². The van der Waals surface area contributed by atoms with E-state index in [-0.39, 0.29) is 48.2 Å². The molecule has 14 heavy (non-hydrogen) atoms. The molecule has 1 aromatic rings. The van der Waals surface area contributed by atoms with E-state index in [0.717, 1.165) is 17.8 Å². The Hall–Kier alpha value is 0.165. The zero-order valence-electron chi connectivity index (χ0n) is 8.26. The van der Waals surface area contributed by atoms with Crippen molar-refractivity contribution in [1.82, 2.24) is 0 Å². The molecule has 0 spiro atoms. The van der Waals surface area contributed by atoms with Crippen molar-refractivity contribution in [1.29, 1.82) is 0 Å². The molecule has 0 aliphatic rings. The molecule has 0 aliphatic heterocycles. The fraction of sp³-hybridized carbons (Fsp3) is 0.125. The number of aromatic carboxylic acids is 1. The smallest absolute Gasteiger partial charge is 0.559 e. The molecule has 0 radical (unpaired) electrons. The zero-order valence-corrected chi connectivity index (χ0v) is 9.07. The minimum Gasteiger partial charge on any atom is -0.559 e. The number of carbonyl (C=O) groups excluding carboxylic acids is 1. The van der Waals surface area contributed by atoms with Gasteiger partial charge in [-0.25, -0.2) is 4.39 Å². The molecule has 0 amide bonds. The summed E-state index contributed by atoms with van der Waals surface area (Å²) in [6.07, 6.45) is 1.66. The predicted molar refractivity (Wildman–Crippen MR) is 41.3 cm³/mol. The summed E-state index contributed by atoms with van der Waals surface area (Å²) in [4.78, 5) is 10.6. The van der Waals surface area contributed by atoms with Crippen LogP contribution in [0.2, 0.25) is 0 Å². The van der Waals surface area contributed by atoms with Crippen LogP contribution in [0.3, 0.4) is 0 Å². The first-order chi connectivity index (χ1) is 5.65. The molecule has 6 heteroatoms. The number of carboxylic acids is 1. The fourth-order valence-corrected chi connectivity index (χ4v) is 1.21. The number of hydrogen-bond acceptors (Lipinski definition) is 3. The third-order valence-corrected chi connectivity index (χ3v) is 2.05. The van der Waals surface area contributed by atoms with Gasteiger partial charge >= 0.3 is 37.7 Å². The van der Waals surface area contributed by atoms with Crippen molar-refractivity contribution < 1.29 is 52.0 Å². The Bertz CT molecular complexity index is 320. The summed E-state index contributed by atoms with van der Waals surface area (Å²) in [7, 11) is 0. The van der Waals surface area contributed by atoms with E-state index in [1.54, 1.807) is 6.26 Å². The SMILES string of the molecule is CSc1cc(C(=O)[O-])c[c-]c1F.[Li+].[Li+]. The van der Waals surface area contributed by atoms with E-state index < -0.39 is 11.8 Å². The number of halogens is 1. The first kappa shape index (κ1) is 16.6. The van der Waals surface area contributed by atoms with Gasteiger partial charge in [-0.1, -0.05) is 4.90 Å². The Morgan fingerprint density at radius 1 is 1.57 bits per heavy atom. The van der Waals surface area contributed by atoms with Crippen molar-refractivity contribution in [3.05, 3.63) is 29.6 Å². The summed E-state index contributed by atoms with van der Waals surface area (Å²) >= 11 is 1.13. The topological polar surface area (TPSA) is 40.1 Å². The molecule has 2 nitrogen and oxygen atoms in total. The van der Waals surface area contributed by atoms with Gasteiger partial charge in [-0.2, -0.15) is 17.8 Å². The molecule has 0 heterocycles. The van der Waals surface area contributed by atoms with Gasteiger partial charge in [0.15, 0.2) is 0 Å². The van der Waals surface area contributed by atoms with E-state index >= 15 is 0 Å². The Morgan fingerprint density at radius 2 is 2.14 bits per heavy atom. The summed E-state index contributed by atoms with van der Waals surface area (Å²) < 4.78 is 12.7. The summed E-state index contributed by atoms with van der Waals surface area (Å²) in [5.41, 5.74) is -0.0549.